The van der Waals surface area contributed by atoms with Gasteiger partial charge in [-0.3, -0.25) is 9.78 Å². The lowest BCUT2D eigenvalue weighted by Gasteiger charge is -2.23. The van der Waals surface area contributed by atoms with Crippen molar-refractivity contribution >= 4 is 29.1 Å². The summed E-state index contributed by atoms with van der Waals surface area (Å²) >= 11 is 1.62. The van der Waals surface area contributed by atoms with Crippen molar-refractivity contribution in [1.29, 1.82) is 0 Å². The van der Waals surface area contributed by atoms with Crippen LogP contribution >= 0.6 is 11.3 Å². The molecular weight excluding hydrogens is 296 g/mol. The number of hydrogen-bond donors (Lipinski definition) is 1. The van der Waals surface area contributed by atoms with Crippen LogP contribution in [0.5, 0.6) is 0 Å². The summed E-state index contributed by atoms with van der Waals surface area (Å²) in [7, 11) is 1.81. The molecule has 0 bridgehead atoms. The van der Waals surface area contributed by atoms with Gasteiger partial charge in [0.05, 0.1) is 24.1 Å². The number of hydrogen-bond acceptors (Lipinski definition) is 5. The second-order valence-electron chi connectivity index (χ2n) is 5.12. The summed E-state index contributed by atoms with van der Waals surface area (Å²) in [6, 6.07) is 3.99. The van der Waals surface area contributed by atoms with Crippen LogP contribution < -0.4 is 5.32 Å². The van der Waals surface area contributed by atoms with Crippen LogP contribution in [0.4, 0.5) is 5.82 Å². The van der Waals surface area contributed by atoms with Crippen LogP contribution in [0.25, 0.3) is 6.08 Å². The second-order valence-corrected chi connectivity index (χ2v) is 6.10. The summed E-state index contributed by atoms with van der Waals surface area (Å²) in [6.45, 7) is 0.768. The van der Waals surface area contributed by atoms with Crippen molar-refractivity contribution < 1.29 is 4.79 Å². The van der Waals surface area contributed by atoms with E-state index in [2.05, 4.69) is 15.3 Å². The monoisotopic (exact) mass is 314 g/mol. The quantitative estimate of drug-likeness (QED) is 0.882. The molecule has 0 radical (unpaired) electrons. The van der Waals surface area contributed by atoms with Gasteiger partial charge in [0.25, 0.3) is 0 Å². The first-order valence-electron chi connectivity index (χ1n) is 7.30. The molecule has 0 aromatic carbocycles. The fourth-order valence-corrected chi connectivity index (χ4v) is 3.25. The van der Waals surface area contributed by atoms with E-state index in [9.17, 15) is 4.79 Å². The number of amides is 1. The number of thiophene rings is 1. The molecule has 6 heteroatoms. The van der Waals surface area contributed by atoms with Crippen LogP contribution in [0.2, 0.25) is 0 Å². The number of nitrogens with zero attached hydrogens (tertiary/aromatic N) is 3. The van der Waals surface area contributed by atoms with Gasteiger partial charge < -0.3 is 10.2 Å². The highest BCUT2D eigenvalue weighted by molar-refractivity contribution is 7.10. The lowest BCUT2D eigenvalue weighted by molar-refractivity contribution is -0.126. The molecule has 3 heterocycles. The Labute approximate surface area is 133 Å². The maximum Gasteiger partial charge on any atom is 0.247 e. The van der Waals surface area contributed by atoms with Gasteiger partial charge in [-0.2, -0.15) is 0 Å². The van der Waals surface area contributed by atoms with E-state index in [0.29, 0.717) is 0 Å². The number of carbonyl (C=O) groups is 1. The average molecular weight is 314 g/mol. The third-order valence-electron chi connectivity index (χ3n) is 3.72. The zero-order valence-corrected chi connectivity index (χ0v) is 13.2. The third-order valence-corrected chi connectivity index (χ3v) is 4.56. The number of nitrogens with one attached hydrogen (secondary N) is 1. The van der Waals surface area contributed by atoms with E-state index in [-0.39, 0.29) is 11.9 Å². The van der Waals surface area contributed by atoms with Crippen molar-refractivity contribution in [2.75, 3.05) is 18.9 Å². The molecule has 114 valence electrons. The van der Waals surface area contributed by atoms with E-state index in [1.54, 1.807) is 29.8 Å². The predicted molar refractivity (Wildman–Crippen MR) is 88.6 cm³/mol. The molecule has 2 aromatic rings. The normalized spacial score (nSPS) is 18.0. The van der Waals surface area contributed by atoms with Crippen LogP contribution in [-0.2, 0) is 4.79 Å². The Balaban J connectivity index is 1.76. The van der Waals surface area contributed by atoms with Crippen molar-refractivity contribution in [3.63, 3.8) is 0 Å². The molecule has 1 amide bonds. The number of anilines is 1. The van der Waals surface area contributed by atoms with Gasteiger partial charge in [-0.15, -0.1) is 11.3 Å². The van der Waals surface area contributed by atoms with Gasteiger partial charge in [-0.1, -0.05) is 6.07 Å². The molecule has 0 spiro atoms. The van der Waals surface area contributed by atoms with Gasteiger partial charge in [-0.05, 0) is 30.4 Å². The van der Waals surface area contributed by atoms with Crippen molar-refractivity contribution in [3.8, 4) is 0 Å². The van der Waals surface area contributed by atoms with Gasteiger partial charge >= 0.3 is 0 Å². The number of rotatable bonds is 4. The average Bonchev–Trinajstić information content (AvgIpc) is 3.24. The second kappa shape index (κ2) is 6.70. The molecular formula is C16H18N4OS. The molecule has 2 aromatic heterocycles. The van der Waals surface area contributed by atoms with E-state index in [1.807, 2.05) is 35.5 Å². The highest BCUT2D eigenvalue weighted by Crippen LogP contribution is 2.31. The minimum atomic E-state index is 0.0151. The van der Waals surface area contributed by atoms with E-state index < -0.39 is 0 Å². The van der Waals surface area contributed by atoms with Gasteiger partial charge in [0.1, 0.15) is 5.82 Å². The Hall–Kier alpha value is -2.21. The van der Waals surface area contributed by atoms with Crippen molar-refractivity contribution in [2.45, 2.75) is 18.9 Å². The van der Waals surface area contributed by atoms with Crippen molar-refractivity contribution in [2.24, 2.45) is 0 Å². The molecule has 1 fully saturated rings. The third kappa shape index (κ3) is 3.17. The smallest absolute Gasteiger partial charge is 0.247 e. The fourth-order valence-electron chi connectivity index (χ4n) is 2.64. The summed E-state index contributed by atoms with van der Waals surface area (Å²) in [6.07, 6.45) is 8.88. The molecule has 1 saturated heterocycles. The lowest BCUT2D eigenvalue weighted by Crippen LogP contribution is -2.29. The zero-order valence-electron chi connectivity index (χ0n) is 12.4. The highest BCUT2D eigenvalue weighted by Gasteiger charge is 2.30. The van der Waals surface area contributed by atoms with Crippen molar-refractivity contribution in [1.82, 2.24) is 14.9 Å². The molecule has 22 heavy (non-hydrogen) atoms. The minimum absolute atomic E-state index is 0.0151. The molecule has 1 N–H and O–H groups in total. The first-order chi connectivity index (χ1) is 10.8. The molecule has 3 rings (SSSR count). The van der Waals surface area contributed by atoms with Crippen LogP contribution in [0, 0.1) is 0 Å². The Morgan fingerprint density at radius 3 is 3.18 bits per heavy atom. The maximum absolute atomic E-state index is 12.5. The summed E-state index contributed by atoms with van der Waals surface area (Å²) in [5.41, 5.74) is 0.849. The van der Waals surface area contributed by atoms with Gasteiger partial charge in [0.2, 0.25) is 5.91 Å². The Morgan fingerprint density at radius 1 is 1.50 bits per heavy atom. The van der Waals surface area contributed by atoms with Crippen LogP contribution in [0.1, 0.15) is 29.5 Å². The minimum Gasteiger partial charge on any atom is -0.372 e. The highest BCUT2D eigenvalue weighted by atomic mass is 32.1. The van der Waals surface area contributed by atoms with Gasteiger partial charge in [0.15, 0.2) is 0 Å². The zero-order chi connectivity index (χ0) is 15.4. The van der Waals surface area contributed by atoms with E-state index >= 15 is 0 Å². The first-order valence-corrected chi connectivity index (χ1v) is 8.18. The van der Waals surface area contributed by atoms with Gasteiger partial charge in [0, 0.05) is 24.5 Å². The summed E-state index contributed by atoms with van der Waals surface area (Å²) < 4.78 is 0. The molecule has 1 unspecified atom stereocenters. The van der Waals surface area contributed by atoms with E-state index in [4.69, 9.17) is 0 Å². The summed E-state index contributed by atoms with van der Waals surface area (Å²) in [5.74, 6) is 0.762. The van der Waals surface area contributed by atoms with Crippen LogP contribution in [0.15, 0.2) is 36.0 Å². The van der Waals surface area contributed by atoms with Crippen LogP contribution in [-0.4, -0.2) is 34.4 Å². The summed E-state index contributed by atoms with van der Waals surface area (Å²) in [4.78, 5) is 24.2. The van der Waals surface area contributed by atoms with Gasteiger partial charge in [-0.25, -0.2) is 4.98 Å². The van der Waals surface area contributed by atoms with Crippen LogP contribution in [0.3, 0.4) is 0 Å². The standard InChI is InChI=1S/C16H18N4OS/c1-17-15-11-18-10-13(19-15)14-5-2-8-20(14)16(21)7-6-12-4-3-9-22-12/h3-4,6-7,9-11,14H,2,5,8H2,1H3,(H,17,19). The number of likely N-dealkylation sites (tertiary alicyclic amines) is 1. The first kappa shape index (κ1) is 14.7. The Morgan fingerprint density at radius 2 is 2.41 bits per heavy atom. The summed E-state index contributed by atoms with van der Waals surface area (Å²) in [5, 5.41) is 4.99. The SMILES string of the molecule is CNc1cncc(C2CCCN2C(=O)C=Cc2cccs2)n1. The van der Waals surface area contributed by atoms with E-state index in [1.165, 1.54) is 0 Å². The molecule has 1 atom stereocenters. The number of carbonyl (C=O) groups excluding carboxylic acids is 1. The molecule has 1 aliphatic rings. The Kier molecular flexibility index (Phi) is 4.48. The van der Waals surface area contributed by atoms with E-state index in [0.717, 1.165) is 35.8 Å². The molecule has 1 aliphatic heterocycles. The lowest BCUT2D eigenvalue weighted by atomic mass is 10.1. The predicted octanol–water partition coefficient (Wildman–Crippen LogP) is 2.96. The number of aromatic nitrogens is 2. The molecule has 5 nitrogen and oxygen atoms in total. The largest absolute Gasteiger partial charge is 0.372 e. The topological polar surface area (TPSA) is 58.1 Å². The molecule has 0 saturated carbocycles. The Bertz CT molecular complexity index is 669. The van der Waals surface area contributed by atoms with Crippen molar-refractivity contribution in [3.05, 3.63) is 46.6 Å². The molecule has 0 aliphatic carbocycles. The maximum atomic E-state index is 12.5. The fraction of sp³-hybridized carbons (Fsp3) is 0.312.